The van der Waals surface area contributed by atoms with Gasteiger partial charge in [0.25, 0.3) is 0 Å². The van der Waals surface area contributed by atoms with Crippen molar-refractivity contribution in [3.05, 3.63) is 47.3 Å². The van der Waals surface area contributed by atoms with Crippen LogP contribution >= 0.6 is 0 Å². The number of carbonyl (C=O) groups excluding carboxylic acids is 1. The number of hydrogen-bond donors (Lipinski definition) is 1. The second kappa shape index (κ2) is 4.04. The summed E-state index contributed by atoms with van der Waals surface area (Å²) in [5.74, 6) is -0.105. The molecule has 0 aliphatic carbocycles. The molecular formula is C11H11N3O. The van der Waals surface area contributed by atoms with Crippen LogP contribution < -0.4 is 0 Å². The molecule has 76 valence electrons. The Labute approximate surface area is 87.3 Å². The highest BCUT2D eigenvalue weighted by Gasteiger charge is 2.10. The lowest BCUT2D eigenvalue weighted by Gasteiger charge is -1.99. The van der Waals surface area contributed by atoms with Crippen LogP contribution in [-0.4, -0.2) is 21.2 Å². The second-order valence-corrected chi connectivity index (χ2v) is 3.23. The highest BCUT2D eigenvalue weighted by molar-refractivity contribution is 6.07. The zero-order valence-electron chi connectivity index (χ0n) is 8.40. The molecule has 4 heteroatoms. The molecule has 0 atom stereocenters. The minimum absolute atomic E-state index is 0.105. The van der Waals surface area contributed by atoms with Crippen LogP contribution in [0.3, 0.4) is 0 Å². The fourth-order valence-electron chi connectivity index (χ4n) is 1.35. The van der Waals surface area contributed by atoms with E-state index in [-0.39, 0.29) is 5.78 Å². The molecule has 0 aliphatic rings. The van der Waals surface area contributed by atoms with Gasteiger partial charge in [-0.25, -0.2) is 0 Å². The number of benzene rings is 1. The van der Waals surface area contributed by atoms with E-state index in [9.17, 15) is 4.79 Å². The summed E-state index contributed by atoms with van der Waals surface area (Å²) >= 11 is 0. The summed E-state index contributed by atoms with van der Waals surface area (Å²) in [7, 11) is 0. The number of ketones is 1. The van der Waals surface area contributed by atoms with Crippen LogP contribution in [0.4, 0.5) is 0 Å². The van der Waals surface area contributed by atoms with Gasteiger partial charge in [-0.1, -0.05) is 31.2 Å². The third-order valence-electron chi connectivity index (χ3n) is 2.27. The maximum atomic E-state index is 11.8. The Morgan fingerprint density at radius 2 is 2.07 bits per heavy atom. The molecule has 1 N–H and O–H groups in total. The van der Waals surface area contributed by atoms with Crippen LogP contribution in [0.25, 0.3) is 0 Å². The highest BCUT2D eigenvalue weighted by atomic mass is 16.1. The van der Waals surface area contributed by atoms with Crippen LogP contribution in [0.2, 0.25) is 0 Å². The van der Waals surface area contributed by atoms with Gasteiger partial charge in [0, 0.05) is 5.56 Å². The van der Waals surface area contributed by atoms with Gasteiger partial charge in [0.05, 0.1) is 6.20 Å². The molecule has 0 amide bonds. The first-order valence-electron chi connectivity index (χ1n) is 4.80. The van der Waals surface area contributed by atoms with E-state index in [2.05, 4.69) is 22.3 Å². The van der Waals surface area contributed by atoms with Crippen molar-refractivity contribution in [2.24, 2.45) is 0 Å². The third kappa shape index (κ3) is 1.93. The standard InChI is InChI=1S/C11H11N3O/c1-2-8-3-5-9(6-4-8)11(15)10-7-12-14-13-10/h3-7H,2H2,1H3,(H,12,13,14). The number of carbonyl (C=O) groups is 1. The Bertz CT molecular complexity index is 445. The van der Waals surface area contributed by atoms with Crippen molar-refractivity contribution in [3.8, 4) is 0 Å². The van der Waals surface area contributed by atoms with Gasteiger partial charge in [-0.05, 0) is 12.0 Å². The van der Waals surface area contributed by atoms with Crippen molar-refractivity contribution >= 4 is 5.78 Å². The molecule has 0 unspecified atom stereocenters. The van der Waals surface area contributed by atoms with E-state index in [1.807, 2.05) is 24.3 Å². The van der Waals surface area contributed by atoms with Crippen molar-refractivity contribution in [2.45, 2.75) is 13.3 Å². The van der Waals surface area contributed by atoms with Gasteiger partial charge < -0.3 is 0 Å². The van der Waals surface area contributed by atoms with E-state index in [4.69, 9.17) is 0 Å². The number of aromatic nitrogens is 3. The summed E-state index contributed by atoms with van der Waals surface area (Å²) < 4.78 is 0. The van der Waals surface area contributed by atoms with Crippen molar-refractivity contribution < 1.29 is 4.79 Å². The topological polar surface area (TPSA) is 58.6 Å². The molecule has 0 radical (unpaired) electrons. The normalized spacial score (nSPS) is 10.2. The zero-order valence-corrected chi connectivity index (χ0v) is 8.40. The molecule has 15 heavy (non-hydrogen) atoms. The van der Waals surface area contributed by atoms with E-state index in [0.717, 1.165) is 6.42 Å². The Morgan fingerprint density at radius 3 is 2.60 bits per heavy atom. The Hall–Kier alpha value is -1.97. The van der Waals surface area contributed by atoms with E-state index in [1.165, 1.54) is 11.8 Å². The number of H-pyrrole nitrogens is 1. The van der Waals surface area contributed by atoms with Crippen molar-refractivity contribution in [2.75, 3.05) is 0 Å². The average Bonchev–Trinajstić information content (AvgIpc) is 2.82. The lowest BCUT2D eigenvalue weighted by molar-refractivity contribution is 0.103. The third-order valence-corrected chi connectivity index (χ3v) is 2.27. The molecule has 0 saturated carbocycles. The van der Waals surface area contributed by atoms with E-state index < -0.39 is 0 Å². The first-order chi connectivity index (χ1) is 7.31. The van der Waals surface area contributed by atoms with Gasteiger partial charge in [0.15, 0.2) is 5.69 Å². The molecule has 1 heterocycles. The van der Waals surface area contributed by atoms with Crippen molar-refractivity contribution in [1.82, 2.24) is 15.4 Å². The first-order valence-corrected chi connectivity index (χ1v) is 4.80. The fraction of sp³-hybridized carbons (Fsp3) is 0.182. The summed E-state index contributed by atoms with van der Waals surface area (Å²) in [5, 5.41) is 9.78. The predicted octanol–water partition coefficient (Wildman–Crippen LogP) is 1.60. The molecule has 4 nitrogen and oxygen atoms in total. The number of aryl methyl sites for hydroxylation is 1. The van der Waals surface area contributed by atoms with E-state index in [0.29, 0.717) is 11.3 Å². The van der Waals surface area contributed by atoms with Gasteiger partial charge >= 0.3 is 0 Å². The molecule has 1 aromatic heterocycles. The lowest BCUT2D eigenvalue weighted by Crippen LogP contribution is -2.01. The van der Waals surface area contributed by atoms with Crippen LogP contribution in [0.15, 0.2) is 30.5 Å². The summed E-state index contributed by atoms with van der Waals surface area (Å²) in [5.41, 5.74) is 2.20. The monoisotopic (exact) mass is 201 g/mol. The average molecular weight is 201 g/mol. The van der Waals surface area contributed by atoms with Gasteiger partial charge in [0.2, 0.25) is 5.78 Å². The summed E-state index contributed by atoms with van der Waals surface area (Å²) in [4.78, 5) is 11.8. The number of nitrogens with zero attached hydrogens (tertiary/aromatic N) is 2. The molecule has 0 spiro atoms. The first kappa shape index (κ1) is 9.58. The summed E-state index contributed by atoms with van der Waals surface area (Å²) in [6.07, 6.45) is 2.40. The van der Waals surface area contributed by atoms with E-state index >= 15 is 0 Å². The van der Waals surface area contributed by atoms with Gasteiger partial charge in [-0.15, -0.1) is 0 Å². The summed E-state index contributed by atoms with van der Waals surface area (Å²) in [6.45, 7) is 2.08. The maximum absolute atomic E-state index is 11.8. The van der Waals surface area contributed by atoms with Crippen LogP contribution in [-0.2, 0) is 6.42 Å². The van der Waals surface area contributed by atoms with E-state index in [1.54, 1.807) is 0 Å². The zero-order chi connectivity index (χ0) is 10.7. The molecule has 0 bridgehead atoms. The van der Waals surface area contributed by atoms with Gasteiger partial charge in [-0.2, -0.15) is 15.4 Å². The number of aromatic amines is 1. The SMILES string of the molecule is CCc1ccc(C(=O)c2cn[nH]n2)cc1. The quantitative estimate of drug-likeness (QED) is 0.767. The second-order valence-electron chi connectivity index (χ2n) is 3.23. The van der Waals surface area contributed by atoms with Crippen molar-refractivity contribution in [1.29, 1.82) is 0 Å². The minimum atomic E-state index is -0.105. The van der Waals surface area contributed by atoms with Crippen LogP contribution in [0, 0.1) is 0 Å². The molecule has 2 aromatic rings. The van der Waals surface area contributed by atoms with Crippen LogP contribution in [0.5, 0.6) is 0 Å². The molecule has 1 aromatic carbocycles. The number of rotatable bonds is 3. The Morgan fingerprint density at radius 1 is 1.33 bits per heavy atom. The summed E-state index contributed by atoms with van der Waals surface area (Å²) in [6, 6.07) is 7.53. The highest BCUT2D eigenvalue weighted by Crippen LogP contribution is 2.08. The van der Waals surface area contributed by atoms with Gasteiger partial charge in [-0.3, -0.25) is 4.79 Å². The fourth-order valence-corrected chi connectivity index (χ4v) is 1.35. The molecule has 0 aliphatic heterocycles. The Kier molecular flexibility index (Phi) is 2.58. The predicted molar refractivity (Wildman–Crippen MR) is 55.6 cm³/mol. The van der Waals surface area contributed by atoms with Crippen LogP contribution in [0.1, 0.15) is 28.5 Å². The molecule has 2 rings (SSSR count). The van der Waals surface area contributed by atoms with Gasteiger partial charge in [0.1, 0.15) is 0 Å². The Balaban J connectivity index is 2.27. The molecule has 0 saturated heterocycles. The largest absolute Gasteiger partial charge is 0.287 e. The maximum Gasteiger partial charge on any atom is 0.214 e. The number of nitrogens with one attached hydrogen (secondary N) is 1. The molecular weight excluding hydrogens is 190 g/mol. The van der Waals surface area contributed by atoms with Crippen molar-refractivity contribution in [3.63, 3.8) is 0 Å². The number of hydrogen-bond acceptors (Lipinski definition) is 3. The molecule has 0 fully saturated rings. The smallest absolute Gasteiger partial charge is 0.214 e. The minimum Gasteiger partial charge on any atom is -0.287 e. The lowest BCUT2D eigenvalue weighted by atomic mass is 10.1.